The number of rotatable bonds is 3. The molecule has 10 heteroatoms. The van der Waals surface area contributed by atoms with Crippen molar-refractivity contribution in [2.24, 2.45) is 0 Å². The second-order valence-electron chi connectivity index (χ2n) is 4.94. The highest BCUT2D eigenvalue weighted by molar-refractivity contribution is 6.67. The van der Waals surface area contributed by atoms with Crippen LogP contribution in [-0.2, 0) is 9.53 Å². The number of urea groups is 1. The molecule has 5 nitrogen and oxygen atoms in total. The van der Waals surface area contributed by atoms with Crippen LogP contribution in [0.5, 0.6) is 0 Å². The zero-order chi connectivity index (χ0) is 18.1. The van der Waals surface area contributed by atoms with Gasteiger partial charge in [-0.15, -0.1) is 0 Å². The molecular weight excluding hydrogens is 421 g/mol. The molecule has 1 aliphatic heterocycles. The maximum absolute atomic E-state index is 12.4. The van der Waals surface area contributed by atoms with Gasteiger partial charge in [0.2, 0.25) is 3.79 Å². The van der Waals surface area contributed by atoms with Gasteiger partial charge in [0.05, 0.1) is 21.7 Å². The van der Waals surface area contributed by atoms with Gasteiger partial charge in [-0.05, 0) is 24.6 Å². The van der Waals surface area contributed by atoms with Crippen LogP contribution in [0.15, 0.2) is 29.5 Å². The molecule has 24 heavy (non-hydrogen) atoms. The van der Waals surface area contributed by atoms with Crippen molar-refractivity contribution in [1.29, 1.82) is 0 Å². The molecule has 1 aromatic rings. The molecule has 0 spiro atoms. The van der Waals surface area contributed by atoms with E-state index in [-0.39, 0.29) is 10.6 Å². The Morgan fingerprint density at radius 3 is 2.50 bits per heavy atom. The highest BCUT2D eigenvalue weighted by atomic mass is 35.6. The average molecular weight is 433 g/mol. The fourth-order valence-corrected chi connectivity index (χ4v) is 2.60. The van der Waals surface area contributed by atoms with E-state index in [0.717, 1.165) is 0 Å². The number of ether oxygens (including phenoxy) is 1. The van der Waals surface area contributed by atoms with E-state index < -0.39 is 28.4 Å². The van der Waals surface area contributed by atoms with Gasteiger partial charge in [-0.2, -0.15) is 0 Å². The second kappa shape index (κ2) is 7.58. The molecule has 0 bridgehead atoms. The van der Waals surface area contributed by atoms with Gasteiger partial charge in [-0.3, -0.25) is 0 Å². The van der Waals surface area contributed by atoms with E-state index in [1.54, 1.807) is 25.1 Å². The lowest BCUT2D eigenvalue weighted by Gasteiger charge is -2.28. The van der Waals surface area contributed by atoms with E-state index in [0.29, 0.717) is 16.3 Å². The minimum absolute atomic E-state index is 0.169. The number of nitrogens with one attached hydrogen (secondary N) is 2. The van der Waals surface area contributed by atoms with Crippen LogP contribution in [0.2, 0.25) is 10.0 Å². The summed E-state index contributed by atoms with van der Waals surface area (Å²) in [5.74, 6) is -0.734. The summed E-state index contributed by atoms with van der Waals surface area (Å²) in [5.41, 5.74) is 1.05. The van der Waals surface area contributed by atoms with Gasteiger partial charge in [0.15, 0.2) is 0 Å². The van der Waals surface area contributed by atoms with E-state index in [9.17, 15) is 9.59 Å². The lowest BCUT2D eigenvalue weighted by Crippen LogP contribution is -2.45. The Morgan fingerprint density at radius 2 is 1.92 bits per heavy atom. The maximum Gasteiger partial charge on any atom is 0.338 e. The molecule has 2 rings (SSSR count). The van der Waals surface area contributed by atoms with Gasteiger partial charge in [-0.25, -0.2) is 9.59 Å². The Hall–Kier alpha value is -0.850. The SMILES string of the molecule is CC1=C(C(=O)OCC(Cl)(Cl)Cl)C(c2ccc(Cl)c(Cl)c2)NC(=O)N1. The van der Waals surface area contributed by atoms with Crippen molar-refractivity contribution in [1.82, 2.24) is 10.6 Å². The molecule has 0 aromatic heterocycles. The number of carbonyl (C=O) groups excluding carboxylic acids is 2. The van der Waals surface area contributed by atoms with Crippen LogP contribution >= 0.6 is 58.0 Å². The maximum atomic E-state index is 12.4. The Bertz CT molecular complexity index is 715. The molecule has 130 valence electrons. The first-order valence-electron chi connectivity index (χ1n) is 6.55. The summed E-state index contributed by atoms with van der Waals surface area (Å²) in [4.78, 5) is 24.2. The molecule has 0 fully saturated rings. The van der Waals surface area contributed by atoms with Crippen LogP contribution in [-0.4, -0.2) is 22.4 Å². The number of allylic oxidation sites excluding steroid dienone is 1. The van der Waals surface area contributed by atoms with Gasteiger partial charge in [0.1, 0.15) is 6.61 Å². The topological polar surface area (TPSA) is 67.4 Å². The molecule has 1 aliphatic rings. The Kier molecular flexibility index (Phi) is 6.15. The normalized spacial score (nSPS) is 18.1. The fourth-order valence-electron chi connectivity index (χ4n) is 2.13. The van der Waals surface area contributed by atoms with Gasteiger partial charge in [-0.1, -0.05) is 64.1 Å². The summed E-state index contributed by atoms with van der Waals surface area (Å²) >= 11 is 28.7. The number of hydrogen-bond donors (Lipinski definition) is 2. The predicted octanol–water partition coefficient (Wildman–Crippen LogP) is 4.53. The highest BCUT2D eigenvalue weighted by Crippen LogP contribution is 2.33. The van der Waals surface area contributed by atoms with Crippen molar-refractivity contribution in [3.8, 4) is 0 Å². The first-order chi connectivity index (χ1) is 11.1. The standard InChI is InChI=1S/C14H11Cl5N2O3/c1-6-10(12(22)24-5-14(17,18)19)11(21-13(23)20-6)7-2-3-8(15)9(16)4-7/h2-4,11H,5H2,1H3,(H2,20,21,23). The molecule has 0 saturated carbocycles. The smallest absolute Gasteiger partial charge is 0.338 e. The van der Waals surface area contributed by atoms with Crippen LogP contribution < -0.4 is 10.6 Å². The summed E-state index contributed by atoms with van der Waals surface area (Å²) in [6, 6.07) is 3.50. The van der Waals surface area contributed by atoms with Crippen molar-refractivity contribution in [3.63, 3.8) is 0 Å². The predicted molar refractivity (Wildman–Crippen MR) is 94.8 cm³/mol. The molecule has 1 heterocycles. The Morgan fingerprint density at radius 1 is 1.25 bits per heavy atom. The molecule has 2 amide bonds. The summed E-state index contributed by atoms with van der Waals surface area (Å²) in [5, 5.41) is 5.77. The third kappa shape index (κ3) is 4.83. The first kappa shape index (κ1) is 19.5. The number of carbonyl (C=O) groups is 2. The summed E-state index contributed by atoms with van der Waals surface area (Å²) in [6.45, 7) is 1.13. The van der Waals surface area contributed by atoms with Crippen LogP contribution in [0.1, 0.15) is 18.5 Å². The van der Waals surface area contributed by atoms with E-state index >= 15 is 0 Å². The average Bonchev–Trinajstić information content (AvgIpc) is 2.46. The number of alkyl halides is 3. The van der Waals surface area contributed by atoms with Gasteiger partial charge >= 0.3 is 12.0 Å². The van der Waals surface area contributed by atoms with Crippen LogP contribution in [0.25, 0.3) is 0 Å². The lowest BCUT2D eigenvalue weighted by molar-refractivity contribution is -0.139. The monoisotopic (exact) mass is 430 g/mol. The Labute approximate surface area is 163 Å². The molecule has 0 saturated heterocycles. The van der Waals surface area contributed by atoms with Crippen LogP contribution in [0, 0.1) is 0 Å². The zero-order valence-corrected chi connectivity index (χ0v) is 15.9. The molecule has 1 aromatic carbocycles. The van der Waals surface area contributed by atoms with E-state index in [4.69, 9.17) is 62.7 Å². The third-order valence-electron chi connectivity index (χ3n) is 3.13. The van der Waals surface area contributed by atoms with Crippen molar-refractivity contribution >= 4 is 70.0 Å². The number of amides is 2. The molecule has 2 N–H and O–H groups in total. The number of esters is 1. The largest absolute Gasteiger partial charge is 0.458 e. The number of hydrogen-bond acceptors (Lipinski definition) is 3. The third-order valence-corrected chi connectivity index (χ3v) is 4.20. The molecular formula is C14H11Cl5N2O3. The van der Waals surface area contributed by atoms with Gasteiger partial charge in [0, 0.05) is 5.70 Å². The van der Waals surface area contributed by atoms with Crippen molar-refractivity contribution in [3.05, 3.63) is 45.1 Å². The minimum atomic E-state index is -1.74. The van der Waals surface area contributed by atoms with Crippen molar-refractivity contribution in [2.75, 3.05) is 6.61 Å². The highest BCUT2D eigenvalue weighted by Gasteiger charge is 2.33. The van der Waals surface area contributed by atoms with E-state index in [2.05, 4.69) is 10.6 Å². The second-order valence-corrected chi connectivity index (χ2v) is 8.27. The molecule has 1 unspecified atom stereocenters. The first-order valence-corrected chi connectivity index (χ1v) is 8.44. The number of halogens is 5. The Balaban J connectivity index is 2.36. The van der Waals surface area contributed by atoms with E-state index in [1.165, 1.54) is 0 Å². The quantitative estimate of drug-likeness (QED) is 0.545. The summed E-state index contributed by atoms with van der Waals surface area (Å²) in [6.07, 6.45) is 0. The van der Waals surface area contributed by atoms with Gasteiger partial charge < -0.3 is 15.4 Å². The zero-order valence-electron chi connectivity index (χ0n) is 12.1. The van der Waals surface area contributed by atoms with Crippen molar-refractivity contribution < 1.29 is 14.3 Å². The van der Waals surface area contributed by atoms with Crippen LogP contribution in [0.4, 0.5) is 4.79 Å². The van der Waals surface area contributed by atoms with Gasteiger partial charge in [0.25, 0.3) is 0 Å². The number of benzene rings is 1. The lowest BCUT2D eigenvalue weighted by atomic mass is 9.95. The fraction of sp³-hybridized carbons (Fsp3) is 0.286. The summed E-state index contributed by atoms with van der Waals surface area (Å²) in [7, 11) is 0. The molecule has 0 radical (unpaired) electrons. The van der Waals surface area contributed by atoms with Crippen molar-refractivity contribution in [2.45, 2.75) is 16.8 Å². The van der Waals surface area contributed by atoms with E-state index in [1.807, 2.05) is 0 Å². The van der Waals surface area contributed by atoms with Crippen LogP contribution in [0.3, 0.4) is 0 Å². The summed E-state index contributed by atoms with van der Waals surface area (Å²) < 4.78 is 3.27. The molecule has 1 atom stereocenters. The molecule has 0 aliphatic carbocycles. The minimum Gasteiger partial charge on any atom is -0.458 e.